The molecule has 0 aliphatic heterocycles. The average molecular weight is 249 g/mol. The number of imidazole rings is 1. The van der Waals surface area contributed by atoms with Crippen LogP contribution in [0.15, 0.2) is 12.5 Å². The Balaban J connectivity index is 1.74. The minimum Gasteiger partial charge on any atom is -0.337 e. The first-order valence-corrected chi connectivity index (χ1v) is 7.45. The third kappa shape index (κ3) is 4.45. The van der Waals surface area contributed by atoms with Gasteiger partial charge in [0.05, 0.1) is 12.0 Å². The highest BCUT2D eigenvalue weighted by atomic mass is 15.0. The van der Waals surface area contributed by atoms with E-state index in [2.05, 4.69) is 34.9 Å². The van der Waals surface area contributed by atoms with Crippen molar-refractivity contribution in [2.75, 3.05) is 6.54 Å². The van der Waals surface area contributed by atoms with Crippen molar-refractivity contribution in [3.63, 3.8) is 0 Å². The highest BCUT2D eigenvalue weighted by Gasteiger charge is 2.13. The van der Waals surface area contributed by atoms with Crippen molar-refractivity contribution >= 4 is 0 Å². The Labute approximate surface area is 111 Å². The summed E-state index contributed by atoms with van der Waals surface area (Å²) in [6, 6.07) is 0. The van der Waals surface area contributed by atoms with Crippen molar-refractivity contribution in [1.29, 1.82) is 0 Å². The molecule has 102 valence electrons. The van der Waals surface area contributed by atoms with Crippen LogP contribution in [0.5, 0.6) is 0 Å². The van der Waals surface area contributed by atoms with Crippen molar-refractivity contribution in [3.8, 4) is 0 Å². The van der Waals surface area contributed by atoms with Gasteiger partial charge in [0.15, 0.2) is 0 Å². The Kier molecular flexibility index (Phi) is 5.24. The van der Waals surface area contributed by atoms with Crippen LogP contribution in [0.25, 0.3) is 0 Å². The van der Waals surface area contributed by atoms with E-state index in [1.165, 1.54) is 37.8 Å². The minimum absolute atomic E-state index is 0.703. The summed E-state index contributed by atoms with van der Waals surface area (Å²) in [6.45, 7) is 7.59. The van der Waals surface area contributed by atoms with E-state index in [1.807, 2.05) is 6.33 Å². The van der Waals surface area contributed by atoms with Crippen molar-refractivity contribution < 1.29 is 0 Å². The lowest BCUT2D eigenvalue weighted by Gasteiger charge is -2.21. The second-order valence-electron chi connectivity index (χ2n) is 6.09. The van der Waals surface area contributed by atoms with Crippen LogP contribution in [0.2, 0.25) is 0 Å². The van der Waals surface area contributed by atoms with Gasteiger partial charge in [-0.2, -0.15) is 0 Å². The van der Waals surface area contributed by atoms with Crippen LogP contribution >= 0.6 is 0 Å². The van der Waals surface area contributed by atoms with Crippen molar-refractivity contribution in [1.82, 2.24) is 14.9 Å². The van der Waals surface area contributed by atoms with Gasteiger partial charge in [0.2, 0.25) is 0 Å². The molecule has 18 heavy (non-hydrogen) atoms. The third-order valence-corrected chi connectivity index (χ3v) is 3.74. The molecule has 3 nitrogen and oxygen atoms in total. The van der Waals surface area contributed by atoms with E-state index in [0.29, 0.717) is 5.92 Å². The van der Waals surface area contributed by atoms with Gasteiger partial charge in [0.25, 0.3) is 0 Å². The highest BCUT2D eigenvalue weighted by Crippen LogP contribution is 2.24. The van der Waals surface area contributed by atoms with Crippen molar-refractivity contribution in [3.05, 3.63) is 18.2 Å². The molecule has 0 amide bonds. The Morgan fingerprint density at radius 2 is 2.11 bits per heavy atom. The summed E-state index contributed by atoms with van der Waals surface area (Å²) in [6.07, 6.45) is 11.3. The topological polar surface area (TPSA) is 29.9 Å². The lowest BCUT2D eigenvalue weighted by Crippen LogP contribution is -2.19. The second-order valence-corrected chi connectivity index (χ2v) is 6.09. The number of hydrogen-bond donors (Lipinski definition) is 1. The smallest absolute Gasteiger partial charge is 0.0950 e. The predicted molar refractivity (Wildman–Crippen MR) is 75.3 cm³/mol. The van der Waals surface area contributed by atoms with Gasteiger partial charge in [-0.15, -0.1) is 0 Å². The van der Waals surface area contributed by atoms with Gasteiger partial charge in [0.1, 0.15) is 0 Å². The normalized spacial score (nSPS) is 17.5. The first-order chi connectivity index (χ1) is 8.74. The largest absolute Gasteiger partial charge is 0.337 e. The van der Waals surface area contributed by atoms with Gasteiger partial charge < -0.3 is 9.88 Å². The van der Waals surface area contributed by atoms with Gasteiger partial charge in [-0.1, -0.05) is 33.1 Å². The van der Waals surface area contributed by atoms with Gasteiger partial charge in [-0.3, -0.25) is 0 Å². The highest BCUT2D eigenvalue weighted by molar-refractivity contribution is 4.96. The summed E-state index contributed by atoms with van der Waals surface area (Å²) in [5.41, 5.74) is 1.17. The number of aromatic nitrogens is 2. The van der Waals surface area contributed by atoms with E-state index < -0.39 is 0 Å². The van der Waals surface area contributed by atoms with E-state index in [0.717, 1.165) is 25.6 Å². The zero-order chi connectivity index (χ0) is 12.8. The fourth-order valence-electron chi connectivity index (χ4n) is 2.75. The van der Waals surface area contributed by atoms with Crippen LogP contribution < -0.4 is 5.32 Å². The molecule has 1 heterocycles. The number of nitrogens with one attached hydrogen (secondary N) is 1. The Hall–Kier alpha value is -0.830. The molecule has 1 aromatic rings. The van der Waals surface area contributed by atoms with Crippen LogP contribution in [0.1, 0.15) is 51.6 Å². The third-order valence-electron chi connectivity index (χ3n) is 3.74. The van der Waals surface area contributed by atoms with Crippen LogP contribution in [0, 0.1) is 11.8 Å². The predicted octanol–water partition coefficient (Wildman–Crippen LogP) is 3.21. The lowest BCUT2D eigenvalue weighted by atomic mass is 9.89. The SMILES string of the molecule is CC(C)CNCc1cn(CC2CCCCC2)cn1. The van der Waals surface area contributed by atoms with E-state index in [-0.39, 0.29) is 0 Å². The van der Waals surface area contributed by atoms with Crippen molar-refractivity contribution in [2.24, 2.45) is 11.8 Å². The summed E-state index contributed by atoms with van der Waals surface area (Å²) in [7, 11) is 0. The van der Waals surface area contributed by atoms with E-state index in [1.54, 1.807) is 0 Å². The molecule has 2 rings (SSSR count). The Bertz CT molecular complexity index is 337. The number of rotatable bonds is 6. The molecule has 1 aliphatic rings. The summed E-state index contributed by atoms with van der Waals surface area (Å²) in [5, 5.41) is 3.44. The molecule has 3 heteroatoms. The molecular formula is C15H27N3. The zero-order valence-electron chi connectivity index (χ0n) is 11.9. The molecule has 0 saturated heterocycles. The first kappa shape index (κ1) is 13.6. The standard InChI is InChI=1S/C15H27N3/c1-13(2)8-16-9-15-11-18(12-17-15)10-14-6-4-3-5-7-14/h11-14,16H,3-10H2,1-2H3. The average Bonchev–Trinajstić information content (AvgIpc) is 2.78. The van der Waals surface area contributed by atoms with Gasteiger partial charge >= 0.3 is 0 Å². The molecule has 1 saturated carbocycles. The van der Waals surface area contributed by atoms with E-state index >= 15 is 0 Å². The summed E-state index contributed by atoms with van der Waals surface area (Å²) in [4.78, 5) is 4.48. The summed E-state index contributed by atoms with van der Waals surface area (Å²) in [5.74, 6) is 1.58. The monoisotopic (exact) mass is 249 g/mol. The van der Waals surface area contributed by atoms with Crippen molar-refractivity contribution in [2.45, 2.75) is 59.0 Å². The molecule has 1 aromatic heterocycles. The van der Waals surface area contributed by atoms with E-state index in [4.69, 9.17) is 0 Å². The fraction of sp³-hybridized carbons (Fsp3) is 0.800. The molecule has 0 aromatic carbocycles. The Morgan fingerprint density at radius 1 is 1.33 bits per heavy atom. The molecular weight excluding hydrogens is 222 g/mol. The van der Waals surface area contributed by atoms with Crippen LogP contribution in [-0.4, -0.2) is 16.1 Å². The summed E-state index contributed by atoms with van der Waals surface area (Å²) >= 11 is 0. The maximum Gasteiger partial charge on any atom is 0.0950 e. The lowest BCUT2D eigenvalue weighted by molar-refractivity contribution is 0.319. The second kappa shape index (κ2) is 6.93. The number of hydrogen-bond acceptors (Lipinski definition) is 2. The quantitative estimate of drug-likeness (QED) is 0.839. The molecule has 0 atom stereocenters. The van der Waals surface area contributed by atoms with Gasteiger partial charge in [0, 0.05) is 19.3 Å². The van der Waals surface area contributed by atoms with Crippen LogP contribution in [-0.2, 0) is 13.1 Å². The molecule has 0 bridgehead atoms. The molecule has 0 spiro atoms. The van der Waals surface area contributed by atoms with E-state index in [9.17, 15) is 0 Å². The van der Waals surface area contributed by atoms with Gasteiger partial charge in [-0.25, -0.2) is 4.98 Å². The number of nitrogens with zero attached hydrogens (tertiary/aromatic N) is 2. The first-order valence-electron chi connectivity index (χ1n) is 7.45. The Morgan fingerprint density at radius 3 is 2.83 bits per heavy atom. The maximum atomic E-state index is 4.48. The van der Waals surface area contributed by atoms with Crippen LogP contribution in [0.4, 0.5) is 0 Å². The maximum absolute atomic E-state index is 4.48. The molecule has 0 unspecified atom stereocenters. The molecule has 1 N–H and O–H groups in total. The summed E-state index contributed by atoms with van der Waals surface area (Å²) < 4.78 is 2.28. The molecule has 1 aliphatic carbocycles. The zero-order valence-corrected chi connectivity index (χ0v) is 11.9. The van der Waals surface area contributed by atoms with Gasteiger partial charge in [-0.05, 0) is 31.2 Å². The molecule has 0 radical (unpaired) electrons. The molecule has 1 fully saturated rings. The minimum atomic E-state index is 0.703. The van der Waals surface area contributed by atoms with Crippen LogP contribution in [0.3, 0.4) is 0 Å². The fourth-order valence-corrected chi connectivity index (χ4v) is 2.75.